The number of hydrogen-bond donors (Lipinski definition) is 2. The van der Waals surface area contributed by atoms with Crippen LogP contribution in [0, 0.1) is 5.82 Å². The third-order valence-corrected chi connectivity index (χ3v) is 5.23. The predicted molar refractivity (Wildman–Crippen MR) is 94.5 cm³/mol. The quantitative estimate of drug-likeness (QED) is 0.671. The van der Waals surface area contributed by atoms with Crippen molar-refractivity contribution < 1.29 is 19.4 Å². The molecule has 126 valence electrons. The third kappa shape index (κ3) is 2.48. The van der Waals surface area contributed by atoms with E-state index in [1.807, 2.05) is 0 Å². The van der Waals surface area contributed by atoms with Gasteiger partial charge in [0.2, 0.25) is 0 Å². The van der Waals surface area contributed by atoms with Gasteiger partial charge in [0.05, 0.1) is 11.2 Å². The number of aromatic carboxylic acids is 1. The largest absolute Gasteiger partial charge is 0.505 e. The topological polar surface area (TPSA) is 70.4 Å². The van der Waals surface area contributed by atoms with E-state index in [4.69, 9.17) is 0 Å². The Morgan fingerprint density at radius 3 is 2.44 bits per heavy atom. The molecule has 0 unspecified atom stereocenters. The van der Waals surface area contributed by atoms with Crippen LogP contribution in [0.5, 0.6) is 5.75 Å². The molecule has 0 amide bonds. The van der Waals surface area contributed by atoms with E-state index in [1.54, 1.807) is 30.3 Å². The second-order valence-corrected chi connectivity index (χ2v) is 7.16. The summed E-state index contributed by atoms with van der Waals surface area (Å²) in [7, 11) is 0. The fourth-order valence-electron chi connectivity index (χ4n) is 3.33. The van der Waals surface area contributed by atoms with Crippen molar-refractivity contribution >= 4 is 32.8 Å². The molecule has 1 aliphatic rings. The van der Waals surface area contributed by atoms with Crippen molar-refractivity contribution in [2.75, 3.05) is 0 Å². The van der Waals surface area contributed by atoms with Gasteiger partial charge in [0.15, 0.2) is 5.75 Å². The molecule has 0 atom stereocenters. The third-order valence-electron chi connectivity index (χ3n) is 4.74. The van der Waals surface area contributed by atoms with E-state index in [1.165, 1.54) is 12.1 Å². The molecule has 1 aliphatic carbocycles. The highest BCUT2D eigenvalue weighted by molar-refractivity contribution is 9.10. The van der Waals surface area contributed by atoms with Gasteiger partial charge in [-0.25, -0.2) is 14.2 Å². The number of aromatic nitrogens is 1. The summed E-state index contributed by atoms with van der Waals surface area (Å²) in [5, 5.41) is 20.7. The second-order valence-electron chi connectivity index (χ2n) is 6.24. The lowest BCUT2D eigenvalue weighted by Crippen LogP contribution is -2.14. The van der Waals surface area contributed by atoms with E-state index in [9.17, 15) is 19.4 Å². The molecule has 1 heterocycles. The van der Waals surface area contributed by atoms with Gasteiger partial charge in [0.1, 0.15) is 11.4 Å². The number of halogens is 2. The molecule has 2 aromatic carbocycles. The van der Waals surface area contributed by atoms with Crippen molar-refractivity contribution in [1.82, 2.24) is 4.98 Å². The Morgan fingerprint density at radius 2 is 1.84 bits per heavy atom. The fourth-order valence-corrected chi connectivity index (χ4v) is 3.68. The lowest BCUT2D eigenvalue weighted by molar-refractivity contribution is 0.0695. The second kappa shape index (κ2) is 5.52. The van der Waals surface area contributed by atoms with Crippen molar-refractivity contribution in [3.05, 3.63) is 69.6 Å². The van der Waals surface area contributed by atoms with Crippen LogP contribution in [0.3, 0.4) is 0 Å². The van der Waals surface area contributed by atoms with Gasteiger partial charge >= 0.3 is 5.97 Å². The summed E-state index contributed by atoms with van der Waals surface area (Å²) in [5.74, 6) is -1.86. The van der Waals surface area contributed by atoms with E-state index < -0.39 is 11.4 Å². The van der Waals surface area contributed by atoms with Crippen LogP contribution in [0.1, 0.15) is 34.5 Å². The molecule has 3 aromatic rings. The number of nitrogens with zero attached hydrogens (tertiary/aromatic N) is 1. The maximum Gasteiger partial charge on any atom is 0.340 e. The molecule has 1 saturated carbocycles. The van der Waals surface area contributed by atoms with Crippen LogP contribution in [-0.4, -0.2) is 21.2 Å². The Bertz CT molecular complexity index is 1010. The van der Waals surface area contributed by atoms with Gasteiger partial charge in [-0.15, -0.1) is 0 Å². The summed E-state index contributed by atoms with van der Waals surface area (Å²) in [4.78, 5) is 16.3. The minimum atomic E-state index is -1.21. The lowest BCUT2D eigenvalue weighted by Gasteiger charge is -2.19. The number of carboxylic acid groups (broad SMARTS) is 1. The minimum absolute atomic E-state index is 0.152. The molecule has 0 radical (unpaired) electrons. The summed E-state index contributed by atoms with van der Waals surface area (Å²) in [6, 6.07) is 11.1. The van der Waals surface area contributed by atoms with Crippen molar-refractivity contribution in [3.63, 3.8) is 0 Å². The highest BCUT2D eigenvalue weighted by atomic mass is 79.9. The fraction of sp³-hybridized carbons (Fsp3) is 0.158. The molecule has 0 spiro atoms. The van der Waals surface area contributed by atoms with Crippen LogP contribution in [0.25, 0.3) is 10.9 Å². The Morgan fingerprint density at radius 1 is 1.16 bits per heavy atom. The molecule has 1 fully saturated rings. The SMILES string of the molecule is O=C(O)c1c(O)c(C2(c3ccc(F)cc3)CC2)nc2cc(Br)ccc12. The predicted octanol–water partition coefficient (Wildman–Crippen LogP) is 4.62. The molecule has 0 bridgehead atoms. The Labute approximate surface area is 151 Å². The number of aromatic hydroxyl groups is 1. The molecule has 25 heavy (non-hydrogen) atoms. The zero-order valence-corrected chi connectivity index (χ0v) is 14.5. The van der Waals surface area contributed by atoms with Crippen LogP contribution in [-0.2, 0) is 5.41 Å². The molecular weight excluding hydrogens is 389 g/mol. The van der Waals surface area contributed by atoms with E-state index in [2.05, 4.69) is 20.9 Å². The van der Waals surface area contributed by atoms with Crippen molar-refractivity contribution in [2.24, 2.45) is 0 Å². The number of carbonyl (C=O) groups is 1. The van der Waals surface area contributed by atoms with Crippen LogP contribution >= 0.6 is 15.9 Å². The molecule has 0 saturated heterocycles. The van der Waals surface area contributed by atoms with Crippen LogP contribution in [0.15, 0.2) is 46.9 Å². The highest BCUT2D eigenvalue weighted by Crippen LogP contribution is 2.56. The number of pyridine rings is 1. The first-order valence-electron chi connectivity index (χ1n) is 7.74. The molecule has 0 aliphatic heterocycles. The lowest BCUT2D eigenvalue weighted by atomic mass is 9.89. The smallest absolute Gasteiger partial charge is 0.340 e. The van der Waals surface area contributed by atoms with Gasteiger partial charge in [-0.2, -0.15) is 0 Å². The van der Waals surface area contributed by atoms with Gasteiger partial charge in [-0.05, 0) is 42.7 Å². The van der Waals surface area contributed by atoms with Crippen LogP contribution in [0.2, 0.25) is 0 Å². The van der Waals surface area contributed by atoms with Gasteiger partial charge in [0, 0.05) is 15.3 Å². The summed E-state index contributed by atoms with van der Waals surface area (Å²) < 4.78 is 14.0. The normalized spacial score (nSPS) is 15.3. The average Bonchev–Trinajstić information content (AvgIpc) is 3.36. The van der Waals surface area contributed by atoms with Crippen molar-refractivity contribution in [3.8, 4) is 5.75 Å². The molecule has 1 aromatic heterocycles. The maximum absolute atomic E-state index is 13.3. The Hall–Kier alpha value is -2.47. The first kappa shape index (κ1) is 16.0. The summed E-state index contributed by atoms with van der Waals surface area (Å²) >= 11 is 3.36. The summed E-state index contributed by atoms with van der Waals surface area (Å²) in [6.45, 7) is 0. The molecule has 4 rings (SSSR count). The van der Waals surface area contributed by atoms with Crippen LogP contribution < -0.4 is 0 Å². The zero-order valence-electron chi connectivity index (χ0n) is 13.0. The Balaban J connectivity index is 2.00. The number of carboxylic acids is 1. The van der Waals surface area contributed by atoms with E-state index in [0.29, 0.717) is 16.6 Å². The number of benzene rings is 2. The molecule has 4 nitrogen and oxygen atoms in total. The highest BCUT2D eigenvalue weighted by Gasteiger charge is 2.50. The molecule has 2 N–H and O–H groups in total. The van der Waals surface area contributed by atoms with Crippen LogP contribution in [0.4, 0.5) is 4.39 Å². The van der Waals surface area contributed by atoms with Crippen molar-refractivity contribution in [1.29, 1.82) is 0 Å². The summed E-state index contributed by atoms with van der Waals surface area (Å²) in [6.07, 6.45) is 1.44. The summed E-state index contributed by atoms with van der Waals surface area (Å²) in [5.41, 5.74) is 0.928. The molecular formula is C19H13BrFNO3. The Kier molecular flexibility index (Phi) is 3.54. The van der Waals surface area contributed by atoms with E-state index in [0.717, 1.165) is 22.9 Å². The zero-order chi connectivity index (χ0) is 17.8. The maximum atomic E-state index is 13.3. The number of fused-ring (bicyclic) bond motifs is 1. The number of rotatable bonds is 3. The standard InChI is InChI=1S/C19H13BrFNO3/c20-11-3-6-13-14(9-11)22-17(16(23)15(13)18(24)25)19(7-8-19)10-1-4-12(21)5-2-10/h1-6,9,23H,7-8H2,(H,24,25). The molecule has 6 heteroatoms. The van der Waals surface area contributed by atoms with Gasteiger partial charge in [0.25, 0.3) is 0 Å². The first-order valence-corrected chi connectivity index (χ1v) is 8.54. The van der Waals surface area contributed by atoms with E-state index >= 15 is 0 Å². The minimum Gasteiger partial charge on any atom is -0.505 e. The average molecular weight is 402 g/mol. The first-order chi connectivity index (χ1) is 11.9. The van der Waals surface area contributed by atoms with Gasteiger partial charge < -0.3 is 10.2 Å². The monoisotopic (exact) mass is 401 g/mol. The van der Waals surface area contributed by atoms with E-state index in [-0.39, 0.29) is 17.1 Å². The van der Waals surface area contributed by atoms with Crippen molar-refractivity contribution in [2.45, 2.75) is 18.3 Å². The number of hydrogen-bond acceptors (Lipinski definition) is 3. The van der Waals surface area contributed by atoms with Gasteiger partial charge in [-0.1, -0.05) is 34.1 Å². The van der Waals surface area contributed by atoms with Gasteiger partial charge in [-0.3, -0.25) is 0 Å².